The molecule has 0 spiro atoms. The largest absolute Gasteiger partial charge is 0.450 e. The normalized spacial score (nSPS) is 13.2. The van der Waals surface area contributed by atoms with Gasteiger partial charge in [-0.05, 0) is 5.56 Å². The lowest BCUT2D eigenvalue weighted by molar-refractivity contribution is -0.171. The van der Waals surface area contributed by atoms with Crippen LogP contribution < -0.4 is 0 Å². The van der Waals surface area contributed by atoms with E-state index in [-0.39, 0.29) is 0 Å². The second-order valence-corrected chi connectivity index (χ2v) is 3.38. The molecule has 0 saturated carbocycles. The van der Waals surface area contributed by atoms with Gasteiger partial charge < -0.3 is 0 Å². The van der Waals surface area contributed by atoms with E-state index in [0.717, 1.165) is 0 Å². The van der Waals surface area contributed by atoms with Gasteiger partial charge in [0.25, 0.3) is 0 Å². The molecule has 1 nitrogen and oxygen atoms in total. The highest BCUT2D eigenvalue weighted by molar-refractivity contribution is 5.85. The molecule has 1 aromatic carbocycles. The molecule has 1 rings (SSSR count). The number of halogens is 3. The topological polar surface area (TPSA) is 17.1 Å². The summed E-state index contributed by atoms with van der Waals surface area (Å²) in [5.74, 6) is -2.31. The third-order valence-corrected chi connectivity index (χ3v) is 2.23. The van der Waals surface area contributed by atoms with Crippen LogP contribution in [-0.2, 0) is 4.79 Å². The van der Waals surface area contributed by atoms with Crippen molar-refractivity contribution in [2.45, 2.75) is 18.5 Å². The van der Waals surface area contributed by atoms with Crippen molar-refractivity contribution in [1.29, 1.82) is 0 Å². The molecule has 0 saturated heterocycles. The van der Waals surface area contributed by atoms with Gasteiger partial charge in [-0.1, -0.05) is 36.4 Å². The van der Waals surface area contributed by atoms with Crippen molar-refractivity contribution in [3.8, 4) is 0 Å². The Balaban J connectivity index is 2.79. The SMILES string of the molecule is C=C[C@@H](CC(=O)C(F)(F)F)c1ccccc1. The van der Waals surface area contributed by atoms with Gasteiger partial charge in [0.15, 0.2) is 0 Å². The number of ketones is 1. The summed E-state index contributed by atoms with van der Waals surface area (Å²) in [6.45, 7) is 3.45. The molecule has 0 radical (unpaired) electrons. The van der Waals surface area contributed by atoms with E-state index in [1.165, 1.54) is 6.08 Å². The first-order valence-electron chi connectivity index (χ1n) is 4.72. The summed E-state index contributed by atoms with van der Waals surface area (Å²) >= 11 is 0. The van der Waals surface area contributed by atoms with Crippen LogP contribution in [0.4, 0.5) is 13.2 Å². The highest BCUT2D eigenvalue weighted by Gasteiger charge is 2.38. The van der Waals surface area contributed by atoms with Crippen molar-refractivity contribution in [3.05, 3.63) is 48.6 Å². The molecule has 4 heteroatoms. The highest BCUT2D eigenvalue weighted by atomic mass is 19.4. The molecule has 0 aliphatic heterocycles. The maximum absolute atomic E-state index is 12.1. The Bertz CT molecular complexity index is 368. The molecular weight excluding hydrogens is 217 g/mol. The minimum absolute atomic E-state index is 0.586. The fourth-order valence-electron chi connectivity index (χ4n) is 1.35. The van der Waals surface area contributed by atoms with Gasteiger partial charge in [0.1, 0.15) is 0 Å². The maximum Gasteiger partial charge on any atom is 0.450 e. The summed E-state index contributed by atoms with van der Waals surface area (Å²) in [5, 5.41) is 0. The average molecular weight is 228 g/mol. The molecule has 0 aliphatic rings. The third-order valence-electron chi connectivity index (χ3n) is 2.23. The van der Waals surface area contributed by atoms with E-state index in [4.69, 9.17) is 0 Å². The van der Waals surface area contributed by atoms with Crippen molar-refractivity contribution in [3.63, 3.8) is 0 Å². The minimum Gasteiger partial charge on any atom is -0.290 e. The van der Waals surface area contributed by atoms with E-state index in [1.54, 1.807) is 30.3 Å². The lowest BCUT2D eigenvalue weighted by Crippen LogP contribution is -2.24. The van der Waals surface area contributed by atoms with Gasteiger partial charge in [0, 0.05) is 12.3 Å². The van der Waals surface area contributed by atoms with Crippen LogP contribution in [0, 0.1) is 0 Å². The van der Waals surface area contributed by atoms with E-state index in [2.05, 4.69) is 6.58 Å². The van der Waals surface area contributed by atoms with Crippen LogP contribution in [0.1, 0.15) is 17.9 Å². The summed E-state index contributed by atoms with van der Waals surface area (Å²) in [4.78, 5) is 10.8. The number of allylic oxidation sites excluding steroid dienone is 1. The van der Waals surface area contributed by atoms with Gasteiger partial charge in [-0.3, -0.25) is 4.79 Å². The van der Waals surface area contributed by atoms with E-state index in [9.17, 15) is 18.0 Å². The number of carbonyl (C=O) groups is 1. The van der Waals surface area contributed by atoms with Crippen LogP contribution in [0.25, 0.3) is 0 Å². The van der Waals surface area contributed by atoms with Crippen molar-refractivity contribution in [2.75, 3.05) is 0 Å². The van der Waals surface area contributed by atoms with Crippen LogP contribution >= 0.6 is 0 Å². The van der Waals surface area contributed by atoms with Crippen LogP contribution in [0.5, 0.6) is 0 Å². The molecule has 0 aliphatic carbocycles. The van der Waals surface area contributed by atoms with Crippen LogP contribution in [0.3, 0.4) is 0 Å². The molecule has 86 valence electrons. The molecule has 1 atom stereocenters. The summed E-state index contributed by atoms with van der Waals surface area (Å²) in [7, 11) is 0. The maximum atomic E-state index is 12.1. The lowest BCUT2D eigenvalue weighted by Gasteiger charge is -2.13. The van der Waals surface area contributed by atoms with Crippen molar-refractivity contribution < 1.29 is 18.0 Å². The Hall–Kier alpha value is -1.58. The molecule has 0 amide bonds. The third kappa shape index (κ3) is 3.22. The van der Waals surface area contributed by atoms with Crippen LogP contribution in [-0.4, -0.2) is 12.0 Å². The second kappa shape index (κ2) is 4.96. The summed E-state index contributed by atoms with van der Waals surface area (Å²) in [5.41, 5.74) is 0.662. The first-order chi connectivity index (χ1) is 7.45. The van der Waals surface area contributed by atoms with Crippen LogP contribution in [0.15, 0.2) is 43.0 Å². The summed E-state index contributed by atoms with van der Waals surface area (Å²) in [6.07, 6.45) is -3.99. The van der Waals surface area contributed by atoms with Gasteiger partial charge in [0.2, 0.25) is 5.78 Å². The second-order valence-electron chi connectivity index (χ2n) is 3.38. The Morgan fingerprint density at radius 3 is 2.31 bits per heavy atom. The monoisotopic (exact) mass is 228 g/mol. The zero-order chi connectivity index (χ0) is 12.2. The number of alkyl halides is 3. The molecule has 0 heterocycles. The fourth-order valence-corrected chi connectivity index (χ4v) is 1.35. The van der Waals surface area contributed by atoms with Crippen molar-refractivity contribution >= 4 is 5.78 Å². The Labute approximate surface area is 91.6 Å². The molecule has 1 aromatic rings. The van der Waals surface area contributed by atoms with Gasteiger partial charge in [-0.25, -0.2) is 0 Å². The number of benzene rings is 1. The quantitative estimate of drug-likeness (QED) is 0.721. The zero-order valence-corrected chi connectivity index (χ0v) is 8.50. The molecule has 0 N–H and O–H groups in total. The number of rotatable bonds is 4. The highest BCUT2D eigenvalue weighted by Crippen LogP contribution is 2.26. The lowest BCUT2D eigenvalue weighted by atomic mass is 9.94. The number of hydrogen-bond acceptors (Lipinski definition) is 1. The van der Waals surface area contributed by atoms with E-state index < -0.39 is 24.3 Å². The molecular formula is C12H11F3O. The Morgan fingerprint density at radius 1 is 1.31 bits per heavy atom. The summed E-state index contributed by atoms with van der Waals surface area (Å²) < 4.78 is 36.2. The predicted octanol–water partition coefficient (Wildman–Crippen LogP) is 3.48. The fraction of sp³-hybridized carbons (Fsp3) is 0.250. The number of carbonyl (C=O) groups excluding carboxylic acids is 1. The summed E-state index contributed by atoms with van der Waals surface area (Å²) in [6, 6.07) is 8.54. The van der Waals surface area contributed by atoms with Crippen molar-refractivity contribution in [2.24, 2.45) is 0 Å². The average Bonchev–Trinajstić information content (AvgIpc) is 2.25. The van der Waals surface area contributed by atoms with E-state index in [0.29, 0.717) is 5.56 Å². The van der Waals surface area contributed by atoms with E-state index in [1.807, 2.05) is 0 Å². The molecule has 0 fully saturated rings. The molecule has 0 aromatic heterocycles. The first kappa shape index (κ1) is 12.5. The Morgan fingerprint density at radius 2 is 1.88 bits per heavy atom. The number of Topliss-reactive ketones (excluding diaryl/α,β-unsaturated/α-hetero) is 1. The minimum atomic E-state index is -4.77. The van der Waals surface area contributed by atoms with Gasteiger partial charge in [0.05, 0.1) is 0 Å². The standard InChI is InChI=1S/C12H11F3O/c1-2-9(8-11(16)12(13,14)15)10-6-4-3-5-7-10/h2-7,9H,1,8H2/t9-/m0/s1. The predicted molar refractivity (Wildman–Crippen MR) is 55.1 cm³/mol. The molecule has 0 bridgehead atoms. The van der Waals surface area contributed by atoms with Gasteiger partial charge >= 0.3 is 6.18 Å². The van der Waals surface area contributed by atoms with Crippen molar-refractivity contribution in [1.82, 2.24) is 0 Å². The first-order valence-corrected chi connectivity index (χ1v) is 4.72. The number of hydrogen-bond donors (Lipinski definition) is 0. The van der Waals surface area contributed by atoms with Gasteiger partial charge in [-0.2, -0.15) is 13.2 Å². The zero-order valence-electron chi connectivity index (χ0n) is 8.50. The molecule has 0 unspecified atom stereocenters. The van der Waals surface area contributed by atoms with E-state index >= 15 is 0 Å². The van der Waals surface area contributed by atoms with Crippen LogP contribution in [0.2, 0.25) is 0 Å². The van der Waals surface area contributed by atoms with Gasteiger partial charge in [-0.15, -0.1) is 6.58 Å². The Kier molecular flexibility index (Phi) is 3.88. The molecule has 16 heavy (non-hydrogen) atoms. The smallest absolute Gasteiger partial charge is 0.290 e.